The molecule has 0 spiro atoms. The molecule has 0 aromatic heterocycles. The van der Waals surface area contributed by atoms with Gasteiger partial charge in [0.2, 0.25) is 0 Å². The Labute approximate surface area is 123 Å². The summed E-state index contributed by atoms with van der Waals surface area (Å²) >= 11 is 5.46. The summed E-state index contributed by atoms with van der Waals surface area (Å²) in [4.78, 5) is 12.1. The molecule has 1 N–H and O–H groups in total. The molecule has 0 radical (unpaired) electrons. The minimum Gasteiger partial charge on any atom is -0.351 e. The van der Waals surface area contributed by atoms with Gasteiger partial charge in [-0.05, 0) is 46.7 Å². The van der Waals surface area contributed by atoms with E-state index in [1.54, 1.807) is 0 Å². The van der Waals surface area contributed by atoms with E-state index >= 15 is 0 Å². The van der Waals surface area contributed by atoms with Crippen LogP contribution >= 0.6 is 38.5 Å². The van der Waals surface area contributed by atoms with E-state index in [0.717, 1.165) is 0 Å². The Morgan fingerprint density at radius 2 is 2.18 bits per heavy atom. The number of nitrogens with one attached hydrogen (secondary N) is 1. The zero-order valence-electron chi connectivity index (χ0n) is 9.64. The van der Waals surface area contributed by atoms with E-state index in [2.05, 4.69) is 35.1 Å². The molecular weight excluding hydrogens is 400 g/mol. The molecule has 1 amide bonds. The van der Waals surface area contributed by atoms with E-state index in [4.69, 9.17) is 0 Å². The zero-order valence-corrected chi connectivity index (χ0v) is 13.4. The number of carbonyl (C=O) groups is 1. The van der Waals surface area contributed by atoms with Gasteiger partial charge < -0.3 is 5.32 Å². The summed E-state index contributed by atoms with van der Waals surface area (Å²) in [7, 11) is 0. The molecule has 0 bridgehead atoms. The van der Waals surface area contributed by atoms with Gasteiger partial charge in [-0.2, -0.15) is 0 Å². The minimum atomic E-state index is -0.327. The molecule has 1 unspecified atom stereocenters. The van der Waals surface area contributed by atoms with Crippen LogP contribution < -0.4 is 5.32 Å². The van der Waals surface area contributed by atoms with E-state index in [0.29, 0.717) is 21.6 Å². The molecule has 5 heteroatoms. The highest BCUT2D eigenvalue weighted by molar-refractivity contribution is 14.1. The fourth-order valence-electron chi connectivity index (χ4n) is 1.19. The fourth-order valence-corrected chi connectivity index (χ4v) is 2.08. The second-order valence-electron chi connectivity index (χ2n) is 4.09. The Morgan fingerprint density at radius 1 is 1.53 bits per heavy atom. The van der Waals surface area contributed by atoms with Crippen LogP contribution in [0.1, 0.15) is 24.2 Å². The van der Waals surface area contributed by atoms with Crippen LogP contribution in [0.2, 0.25) is 0 Å². The van der Waals surface area contributed by atoms with Gasteiger partial charge in [-0.1, -0.05) is 29.8 Å². The van der Waals surface area contributed by atoms with Crippen LogP contribution in [0.15, 0.2) is 18.2 Å². The highest BCUT2D eigenvalue weighted by atomic mass is 127. The second-order valence-corrected chi connectivity index (χ2v) is 6.43. The summed E-state index contributed by atoms with van der Waals surface area (Å²) in [6.07, 6.45) is 0. The van der Waals surface area contributed by atoms with Crippen LogP contribution in [0.25, 0.3) is 0 Å². The molecule has 1 aromatic rings. The quantitative estimate of drug-likeness (QED) is 0.593. The molecule has 1 atom stereocenters. The third kappa shape index (κ3) is 4.54. The van der Waals surface area contributed by atoms with E-state index in [1.807, 2.05) is 22.6 Å². The molecule has 0 aliphatic carbocycles. The van der Waals surface area contributed by atoms with Crippen LogP contribution in [0.5, 0.6) is 0 Å². The number of halogens is 3. The maximum atomic E-state index is 12.9. The van der Waals surface area contributed by atoms with E-state index in [-0.39, 0.29) is 16.6 Å². The molecule has 0 saturated heterocycles. The van der Waals surface area contributed by atoms with Crippen LogP contribution in [0, 0.1) is 15.3 Å². The Morgan fingerprint density at radius 3 is 2.71 bits per heavy atom. The summed E-state index contributed by atoms with van der Waals surface area (Å²) in [5, 5.41) is 2.83. The van der Waals surface area contributed by atoms with Gasteiger partial charge in [0.15, 0.2) is 0 Å². The zero-order chi connectivity index (χ0) is 13.0. The van der Waals surface area contributed by atoms with Gasteiger partial charge in [0.1, 0.15) is 5.82 Å². The molecule has 17 heavy (non-hydrogen) atoms. The van der Waals surface area contributed by atoms with E-state index in [9.17, 15) is 9.18 Å². The number of rotatable bonds is 4. The van der Waals surface area contributed by atoms with Crippen LogP contribution in [-0.4, -0.2) is 17.3 Å². The molecular formula is C12H14BrFINO. The first-order chi connectivity index (χ1) is 7.91. The van der Waals surface area contributed by atoms with E-state index in [1.165, 1.54) is 18.2 Å². The molecule has 0 fully saturated rings. The first kappa shape index (κ1) is 14.9. The predicted octanol–water partition coefficient (Wildman–Crippen LogP) is 3.58. The Hall–Kier alpha value is -0.170. The summed E-state index contributed by atoms with van der Waals surface area (Å²) < 4.78 is 13.5. The van der Waals surface area contributed by atoms with Crippen LogP contribution in [-0.2, 0) is 0 Å². The minimum absolute atomic E-state index is 0.167. The van der Waals surface area contributed by atoms with Crippen molar-refractivity contribution in [2.45, 2.75) is 18.7 Å². The van der Waals surface area contributed by atoms with Gasteiger partial charge in [-0.25, -0.2) is 4.39 Å². The summed E-state index contributed by atoms with van der Waals surface area (Å²) in [5.41, 5.74) is 0.510. The second kappa shape index (κ2) is 6.68. The highest BCUT2D eigenvalue weighted by Crippen LogP contribution is 2.15. The topological polar surface area (TPSA) is 29.1 Å². The van der Waals surface area contributed by atoms with Crippen LogP contribution in [0.4, 0.5) is 4.39 Å². The molecule has 1 aromatic carbocycles. The summed E-state index contributed by atoms with van der Waals surface area (Å²) in [6.45, 7) is 4.71. The maximum Gasteiger partial charge on any atom is 0.252 e. The van der Waals surface area contributed by atoms with Crippen molar-refractivity contribution in [3.8, 4) is 0 Å². The summed E-state index contributed by atoms with van der Waals surface area (Å²) in [6, 6.07) is 4.15. The van der Waals surface area contributed by atoms with Crippen molar-refractivity contribution in [3.05, 3.63) is 33.1 Å². The lowest BCUT2D eigenvalue weighted by molar-refractivity contribution is 0.0952. The molecule has 1 rings (SSSR count). The van der Waals surface area contributed by atoms with Crippen molar-refractivity contribution in [2.24, 2.45) is 5.92 Å². The van der Waals surface area contributed by atoms with Crippen molar-refractivity contribution in [3.63, 3.8) is 0 Å². The third-order valence-corrected chi connectivity index (χ3v) is 4.63. The normalized spacial score (nSPS) is 12.6. The van der Waals surface area contributed by atoms with Gasteiger partial charge in [0, 0.05) is 14.9 Å². The van der Waals surface area contributed by atoms with Gasteiger partial charge in [0.25, 0.3) is 5.91 Å². The summed E-state index contributed by atoms with van der Waals surface area (Å²) in [5.74, 6) is -0.0476. The van der Waals surface area contributed by atoms with Gasteiger partial charge in [-0.3, -0.25) is 4.79 Å². The molecule has 0 saturated carbocycles. The first-order valence-corrected chi connectivity index (χ1v) is 7.28. The predicted molar refractivity (Wildman–Crippen MR) is 79.0 cm³/mol. The lowest BCUT2D eigenvalue weighted by Gasteiger charge is -2.14. The van der Waals surface area contributed by atoms with E-state index < -0.39 is 0 Å². The average molecular weight is 414 g/mol. The van der Waals surface area contributed by atoms with Crippen molar-refractivity contribution < 1.29 is 9.18 Å². The van der Waals surface area contributed by atoms with Crippen molar-refractivity contribution >= 4 is 44.4 Å². The molecule has 0 heterocycles. The van der Waals surface area contributed by atoms with Gasteiger partial charge >= 0.3 is 0 Å². The molecule has 2 nitrogen and oxygen atoms in total. The monoisotopic (exact) mass is 413 g/mol. The van der Waals surface area contributed by atoms with Crippen molar-refractivity contribution in [1.82, 2.24) is 5.32 Å². The van der Waals surface area contributed by atoms with Crippen LogP contribution in [0.3, 0.4) is 0 Å². The number of carbonyl (C=O) groups excluding carboxylic acids is 1. The molecule has 0 aliphatic rings. The first-order valence-electron chi connectivity index (χ1n) is 5.29. The molecule has 0 aliphatic heterocycles. The van der Waals surface area contributed by atoms with Gasteiger partial charge in [-0.15, -0.1) is 0 Å². The Kier molecular flexibility index (Phi) is 5.85. The largest absolute Gasteiger partial charge is 0.351 e. The number of alkyl halides is 1. The fraction of sp³-hybridized carbons (Fsp3) is 0.417. The SMILES string of the molecule is CC(C)C(Br)CNC(=O)c1ccc(F)cc1I. The smallest absolute Gasteiger partial charge is 0.252 e. The standard InChI is InChI=1S/C12H14BrFINO/c1-7(2)10(13)6-16-12(17)9-4-3-8(14)5-11(9)15/h3-5,7,10H,6H2,1-2H3,(H,16,17). The number of hydrogen-bond acceptors (Lipinski definition) is 1. The van der Waals surface area contributed by atoms with Gasteiger partial charge in [0.05, 0.1) is 5.56 Å². The highest BCUT2D eigenvalue weighted by Gasteiger charge is 2.14. The molecule has 94 valence electrons. The number of amides is 1. The number of benzene rings is 1. The lowest BCUT2D eigenvalue weighted by atomic mass is 10.1. The Balaban J connectivity index is 2.64. The number of hydrogen-bond donors (Lipinski definition) is 1. The van der Waals surface area contributed by atoms with Crippen molar-refractivity contribution in [2.75, 3.05) is 6.54 Å². The lowest BCUT2D eigenvalue weighted by Crippen LogP contribution is -2.32. The maximum absolute atomic E-state index is 12.9. The Bertz CT molecular complexity index is 411. The third-order valence-electron chi connectivity index (χ3n) is 2.36. The average Bonchev–Trinajstić information content (AvgIpc) is 2.25. The van der Waals surface area contributed by atoms with Crippen molar-refractivity contribution in [1.29, 1.82) is 0 Å².